The van der Waals surface area contributed by atoms with Gasteiger partial charge in [-0.25, -0.2) is 9.78 Å². The molecule has 0 atom stereocenters. The first kappa shape index (κ1) is 20.2. The number of alkyl halides is 3. The number of rotatable bonds is 5. The molecular weight excluding hydrogens is 443 g/mol. The van der Waals surface area contributed by atoms with Crippen molar-refractivity contribution >= 4 is 28.9 Å². The molecule has 0 aliphatic carbocycles. The first-order chi connectivity index (χ1) is 14.2. The van der Waals surface area contributed by atoms with Gasteiger partial charge in [-0.2, -0.15) is 13.2 Å². The minimum Gasteiger partial charge on any atom is -0.477 e. The van der Waals surface area contributed by atoms with Crippen molar-refractivity contribution < 1.29 is 27.6 Å². The number of imidazole rings is 1. The molecule has 0 fully saturated rings. The van der Waals surface area contributed by atoms with E-state index in [0.29, 0.717) is 15.8 Å². The third-order valence-electron chi connectivity index (χ3n) is 4.22. The highest BCUT2D eigenvalue weighted by Gasteiger charge is 2.31. The van der Waals surface area contributed by atoms with Crippen LogP contribution < -0.4 is 0 Å². The van der Waals surface area contributed by atoms with Gasteiger partial charge >= 0.3 is 12.1 Å². The second-order valence-electron chi connectivity index (χ2n) is 6.22. The van der Waals surface area contributed by atoms with Gasteiger partial charge in [-0.1, -0.05) is 28.9 Å². The molecule has 0 aliphatic heterocycles. The molecule has 0 aliphatic rings. The number of thiophene rings is 1. The third-order valence-corrected chi connectivity index (χ3v) is 5.46. The predicted molar refractivity (Wildman–Crippen MR) is 104 cm³/mol. The van der Waals surface area contributed by atoms with E-state index < -0.39 is 17.7 Å². The zero-order valence-electron chi connectivity index (χ0n) is 14.9. The van der Waals surface area contributed by atoms with Crippen LogP contribution in [0.5, 0.6) is 0 Å². The number of hydrogen-bond donors (Lipinski definition) is 1. The molecule has 4 aromatic rings. The molecule has 6 nitrogen and oxygen atoms in total. The van der Waals surface area contributed by atoms with Crippen molar-refractivity contribution in [3.63, 3.8) is 0 Å². The van der Waals surface area contributed by atoms with Crippen LogP contribution >= 0.6 is 22.9 Å². The van der Waals surface area contributed by atoms with Crippen molar-refractivity contribution in [1.82, 2.24) is 14.7 Å². The van der Waals surface area contributed by atoms with E-state index in [-0.39, 0.29) is 23.6 Å². The van der Waals surface area contributed by atoms with Crippen molar-refractivity contribution in [3.8, 4) is 22.0 Å². The number of hydrogen-bond acceptors (Lipinski definition) is 5. The first-order valence-corrected chi connectivity index (χ1v) is 9.59. The lowest BCUT2D eigenvalue weighted by Crippen LogP contribution is -2.11. The average Bonchev–Trinajstić information content (AvgIpc) is 3.41. The Morgan fingerprint density at radius 2 is 2.03 bits per heavy atom. The lowest BCUT2D eigenvalue weighted by atomic mass is 10.1. The van der Waals surface area contributed by atoms with Crippen LogP contribution in [0.2, 0.25) is 4.34 Å². The molecule has 0 unspecified atom stereocenters. The number of benzene rings is 1. The molecule has 0 spiro atoms. The Morgan fingerprint density at radius 1 is 1.23 bits per heavy atom. The fraction of sp³-hybridized carbons (Fsp3) is 0.105. The highest BCUT2D eigenvalue weighted by molar-refractivity contribution is 7.19. The van der Waals surface area contributed by atoms with E-state index in [4.69, 9.17) is 16.1 Å². The lowest BCUT2D eigenvalue weighted by Gasteiger charge is -2.11. The van der Waals surface area contributed by atoms with Gasteiger partial charge in [0.2, 0.25) is 0 Å². The van der Waals surface area contributed by atoms with Crippen LogP contribution in [0.15, 0.2) is 53.2 Å². The molecule has 4 rings (SSSR count). The Kier molecular flexibility index (Phi) is 5.12. The van der Waals surface area contributed by atoms with Gasteiger partial charge in [-0.3, -0.25) is 0 Å². The van der Waals surface area contributed by atoms with Crippen molar-refractivity contribution in [2.75, 3.05) is 0 Å². The quantitative estimate of drug-likeness (QED) is 0.420. The van der Waals surface area contributed by atoms with Crippen LogP contribution in [-0.4, -0.2) is 25.8 Å². The molecule has 0 bridgehead atoms. The molecule has 0 amide bonds. The summed E-state index contributed by atoms with van der Waals surface area (Å²) in [6, 6.07) is 9.61. The molecule has 30 heavy (non-hydrogen) atoms. The molecule has 154 valence electrons. The van der Waals surface area contributed by atoms with Crippen molar-refractivity contribution in [1.29, 1.82) is 0 Å². The normalized spacial score (nSPS) is 11.7. The van der Waals surface area contributed by atoms with E-state index in [0.717, 1.165) is 23.2 Å². The van der Waals surface area contributed by atoms with Gasteiger partial charge in [-0.05, 0) is 24.3 Å². The molecule has 3 heterocycles. The summed E-state index contributed by atoms with van der Waals surface area (Å²) in [6.07, 6.45) is -3.44. The summed E-state index contributed by atoms with van der Waals surface area (Å²) in [5, 5.41) is 13.4. The second-order valence-corrected chi connectivity index (χ2v) is 7.94. The first-order valence-electron chi connectivity index (χ1n) is 8.40. The zero-order chi connectivity index (χ0) is 21.5. The maximum atomic E-state index is 13.1. The highest BCUT2D eigenvalue weighted by Crippen LogP contribution is 2.33. The minimum atomic E-state index is -4.54. The number of aromatic nitrogens is 3. The summed E-state index contributed by atoms with van der Waals surface area (Å²) < 4.78 is 46.4. The molecule has 11 heteroatoms. The second kappa shape index (κ2) is 7.62. The van der Waals surface area contributed by atoms with Crippen molar-refractivity contribution in [2.45, 2.75) is 12.7 Å². The summed E-state index contributed by atoms with van der Waals surface area (Å²) in [5.74, 6) is -0.754. The summed E-state index contributed by atoms with van der Waals surface area (Å²) in [4.78, 5) is 16.4. The van der Waals surface area contributed by atoms with Crippen LogP contribution in [0.25, 0.3) is 22.0 Å². The van der Waals surface area contributed by atoms with Crippen LogP contribution in [-0.2, 0) is 12.7 Å². The number of carboxylic acid groups (broad SMARTS) is 1. The van der Waals surface area contributed by atoms with E-state index in [1.807, 2.05) is 0 Å². The fourth-order valence-electron chi connectivity index (χ4n) is 2.88. The number of carbonyl (C=O) groups is 1. The summed E-state index contributed by atoms with van der Waals surface area (Å²) in [7, 11) is 0. The molecule has 3 aromatic heterocycles. The van der Waals surface area contributed by atoms with Gasteiger partial charge < -0.3 is 14.2 Å². The van der Waals surface area contributed by atoms with Crippen LogP contribution in [0.1, 0.15) is 21.7 Å². The SMILES string of the molecule is O=C(O)c1cnc(-c2cccc(C(F)(F)F)c2)n1Cc1cc(-c2ccc(Cl)s2)on1. The van der Waals surface area contributed by atoms with E-state index >= 15 is 0 Å². The average molecular weight is 454 g/mol. The Hall–Kier alpha value is -3.11. The Morgan fingerprint density at radius 3 is 2.70 bits per heavy atom. The van der Waals surface area contributed by atoms with E-state index in [9.17, 15) is 23.1 Å². The summed E-state index contributed by atoms with van der Waals surface area (Å²) in [6.45, 7) is -0.0597. The van der Waals surface area contributed by atoms with Gasteiger partial charge in [-0.15, -0.1) is 11.3 Å². The van der Waals surface area contributed by atoms with Crippen LogP contribution in [0, 0.1) is 0 Å². The van der Waals surface area contributed by atoms with E-state index in [1.165, 1.54) is 28.0 Å². The van der Waals surface area contributed by atoms with Gasteiger partial charge in [0, 0.05) is 11.6 Å². The minimum absolute atomic E-state index is 0.0597. The molecule has 0 saturated heterocycles. The Labute approximate surface area is 176 Å². The highest BCUT2D eigenvalue weighted by atomic mass is 35.5. The smallest absolute Gasteiger partial charge is 0.416 e. The van der Waals surface area contributed by atoms with Gasteiger partial charge in [0.15, 0.2) is 5.76 Å². The number of halogens is 4. The predicted octanol–water partition coefficient (Wildman–Crippen LogP) is 5.69. The summed E-state index contributed by atoms with van der Waals surface area (Å²) >= 11 is 7.21. The van der Waals surface area contributed by atoms with Crippen molar-refractivity contribution in [2.24, 2.45) is 0 Å². The Bertz CT molecular complexity index is 1230. The number of aromatic carboxylic acids is 1. The van der Waals surface area contributed by atoms with Gasteiger partial charge in [0.1, 0.15) is 17.2 Å². The summed E-state index contributed by atoms with van der Waals surface area (Å²) in [5.41, 5.74) is -0.537. The molecule has 1 aromatic carbocycles. The van der Waals surface area contributed by atoms with Gasteiger partial charge in [0.25, 0.3) is 0 Å². The molecule has 0 saturated carbocycles. The lowest BCUT2D eigenvalue weighted by molar-refractivity contribution is -0.137. The topological polar surface area (TPSA) is 81.1 Å². The van der Waals surface area contributed by atoms with Crippen molar-refractivity contribution in [3.05, 3.63) is 69.9 Å². The Balaban J connectivity index is 1.73. The molecular formula is C19H11ClF3N3O3S. The largest absolute Gasteiger partial charge is 0.477 e. The standard InChI is InChI=1S/C19H11ClF3N3O3S/c20-16-5-4-15(30-16)14-7-12(25-29-14)9-26-13(18(27)28)8-24-17(26)10-2-1-3-11(6-10)19(21,22)23/h1-8H,9H2,(H,27,28). The number of nitrogens with zero attached hydrogens (tertiary/aromatic N) is 3. The van der Waals surface area contributed by atoms with E-state index in [1.54, 1.807) is 18.2 Å². The van der Waals surface area contributed by atoms with E-state index in [2.05, 4.69) is 10.1 Å². The fourth-order valence-corrected chi connectivity index (χ4v) is 3.87. The number of carboxylic acids is 1. The third kappa shape index (κ3) is 3.96. The monoisotopic (exact) mass is 453 g/mol. The maximum Gasteiger partial charge on any atom is 0.416 e. The van der Waals surface area contributed by atoms with Crippen LogP contribution in [0.4, 0.5) is 13.2 Å². The van der Waals surface area contributed by atoms with Crippen LogP contribution in [0.3, 0.4) is 0 Å². The maximum absolute atomic E-state index is 13.1. The van der Waals surface area contributed by atoms with Gasteiger partial charge in [0.05, 0.1) is 27.5 Å². The zero-order valence-corrected chi connectivity index (χ0v) is 16.4. The molecule has 0 radical (unpaired) electrons. The molecule has 1 N–H and O–H groups in total.